The van der Waals surface area contributed by atoms with Crippen LogP contribution in [0.15, 0.2) is 61.2 Å². The van der Waals surface area contributed by atoms with Gasteiger partial charge in [-0.05, 0) is 81.1 Å². The topological polar surface area (TPSA) is 114 Å². The van der Waals surface area contributed by atoms with Gasteiger partial charge in [0.2, 0.25) is 0 Å². The van der Waals surface area contributed by atoms with Crippen molar-refractivity contribution >= 4 is 24.1 Å². The quantitative estimate of drug-likeness (QED) is 0.0979. The first-order valence-electron chi connectivity index (χ1n) is 11.2. The van der Waals surface area contributed by atoms with E-state index in [1.54, 1.807) is 6.92 Å². The number of carbonyl (C=O) groups is 4. The van der Waals surface area contributed by atoms with Crippen LogP contribution in [0.3, 0.4) is 0 Å². The molecule has 0 saturated heterocycles. The van der Waals surface area contributed by atoms with Crippen molar-refractivity contribution in [3.8, 4) is 11.5 Å². The van der Waals surface area contributed by atoms with Gasteiger partial charge in [-0.3, -0.25) is 0 Å². The first kappa shape index (κ1) is 27.1. The van der Waals surface area contributed by atoms with Crippen molar-refractivity contribution in [2.45, 2.75) is 32.6 Å². The van der Waals surface area contributed by atoms with Gasteiger partial charge in [0.15, 0.2) is 0 Å². The molecule has 0 aromatic heterocycles. The highest BCUT2D eigenvalue weighted by molar-refractivity contribution is 5.92. The Hall–Kier alpha value is -4.14. The van der Waals surface area contributed by atoms with Crippen LogP contribution < -0.4 is 9.47 Å². The van der Waals surface area contributed by atoms with Gasteiger partial charge in [0.05, 0.1) is 30.9 Å². The molecule has 0 bridgehead atoms. The zero-order chi connectivity index (χ0) is 25.5. The summed E-state index contributed by atoms with van der Waals surface area (Å²) in [6.07, 6.45) is 3.42. The monoisotopic (exact) mass is 484 g/mol. The fourth-order valence-corrected chi connectivity index (χ4v) is 2.77. The van der Waals surface area contributed by atoms with E-state index in [1.807, 2.05) is 0 Å². The van der Waals surface area contributed by atoms with Crippen LogP contribution in [0.1, 0.15) is 53.3 Å². The summed E-state index contributed by atoms with van der Waals surface area (Å²) in [6.45, 7) is 5.80. The highest BCUT2D eigenvalue weighted by Crippen LogP contribution is 2.17. The van der Waals surface area contributed by atoms with Gasteiger partial charge in [-0.25, -0.2) is 19.2 Å². The Morgan fingerprint density at radius 1 is 0.686 bits per heavy atom. The second kappa shape index (κ2) is 14.9. The number of hydrogen-bond donors (Lipinski definition) is 0. The summed E-state index contributed by atoms with van der Waals surface area (Å²) < 4.78 is 25.0. The Balaban J connectivity index is 1.71. The van der Waals surface area contributed by atoms with E-state index in [9.17, 15) is 19.2 Å². The minimum atomic E-state index is -0.829. The minimum Gasteiger partial charge on any atom is -0.463 e. The van der Waals surface area contributed by atoms with Crippen molar-refractivity contribution in [1.82, 2.24) is 0 Å². The summed E-state index contributed by atoms with van der Waals surface area (Å²) in [5.74, 6) is -1.02. The third-order valence-corrected chi connectivity index (χ3v) is 4.54. The SMILES string of the molecule is C=CC(=O)OCCCCCCOC(=O)c1ccc(OC(=O)c2ccc(OC(=O)OCC)cc2)cc1. The van der Waals surface area contributed by atoms with Crippen LogP contribution in [0, 0.1) is 0 Å². The third-order valence-electron chi connectivity index (χ3n) is 4.54. The summed E-state index contributed by atoms with van der Waals surface area (Å²) in [5.41, 5.74) is 0.588. The molecule has 0 aliphatic heterocycles. The van der Waals surface area contributed by atoms with Gasteiger partial charge in [-0.2, -0.15) is 0 Å². The molecule has 0 aliphatic rings. The Morgan fingerprint density at radius 3 is 1.74 bits per heavy atom. The smallest absolute Gasteiger partial charge is 0.463 e. The summed E-state index contributed by atoms with van der Waals surface area (Å²) in [5, 5.41) is 0. The van der Waals surface area contributed by atoms with Crippen LogP contribution in [-0.2, 0) is 19.0 Å². The first-order chi connectivity index (χ1) is 16.9. The maximum Gasteiger partial charge on any atom is 0.513 e. The fraction of sp³-hybridized carbons (Fsp3) is 0.308. The second-order valence-corrected chi connectivity index (χ2v) is 7.15. The molecule has 9 heteroatoms. The van der Waals surface area contributed by atoms with Crippen LogP contribution in [0.25, 0.3) is 0 Å². The Labute approximate surface area is 203 Å². The van der Waals surface area contributed by atoms with E-state index in [-0.39, 0.29) is 30.3 Å². The van der Waals surface area contributed by atoms with E-state index in [0.717, 1.165) is 25.3 Å². The Morgan fingerprint density at radius 2 is 1.20 bits per heavy atom. The molecule has 2 aromatic rings. The molecule has 35 heavy (non-hydrogen) atoms. The van der Waals surface area contributed by atoms with Gasteiger partial charge in [0.1, 0.15) is 11.5 Å². The summed E-state index contributed by atoms with van der Waals surface area (Å²) in [7, 11) is 0. The van der Waals surface area contributed by atoms with Crippen molar-refractivity contribution in [2.75, 3.05) is 19.8 Å². The zero-order valence-electron chi connectivity index (χ0n) is 19.5. The van der Waals surface area contributed by atoms with E-state index in [2.05, 4.69) is 11.3 Å². The van der Waals surface area contributed by atoms with Crippen molar-refractivity contribution in [2.24, 2.45) is 0 Å². The number of carbonyl (C=O) groups excluding carboxylic acids is 4. The van der Waals surface area contributed by atoms with Gasteiger partial charge >= 0.3 is 24.1 Å². The second-order valence-electron chi connectivity index (χ2n) is 7.15. The molecule has 0 amide bonds. The minimum absolute atomic E-state index is 0.192. The van der Waals surface area contributed by atoms with Gasteiger partial charge in [-0.1, -0.05) is 6.58 Å². The Bertz CT molecular complexity index is 994. The van der Waals surface area contributed by atoms with Crippen LogP contribution >= 0.6 is 0 Å². The normalized spacial score (nSPS) is 10.1. The molecule has 0 heterocycles. The molecular formula is C26H28O9. The average molecular weight is 485 g/mol. The highest BCUT2D eigenvalue weighted by atomic mass is 16.7. The number of esters is 3. The van der Waals surface area contributed by atoms with Crippen molar-refractivity contribution < 1.29 is 42.9 Å². The van der Waals surface area contributed by atoms with Gasteiger partial charge < -0.3 is 23.7 Å². The molecule has 0 N–H and O–H groups in total. The molecule has 186 valence electrons. The predicted octanol–water partition coefficient (Wildman–Crippen LogP) is 4.89. The zero-order valence-corrected chi connectivity index (χ0v) is 19.5. The van der Waals surface area contributed by atoms with Gasteiger partial charge in [-0.15, -0.1) is 0 Å². The number of unbranched alkanes of at least 4 members (excludes halogenated alkanes) is 3. The van der Waals surface area contributed by atoms with E-state index >= 15 is 0 Å². The van der Waals surface area contributed by atoms with E-state index < -0.39 is 24.1 Å². The predicted molar refractivity (Wildman–Crippen MR) is 125 cm³/mol. The number of benzene rings is 2. The lowest BCUT2D eigenvalue weighted by Crippen LogP contribution is -2.11. The summed E-state index contributed by atoms with van der Waals surface area (Å²) in [4.78, 5) is 46.7. The number of hydrogen-bond acceptors (Lipinski definition) is 9. The molecule has 0 radical (unpaired) electrons. The first-order valence-corrected chi connectivity index (χ1v) is 11.2. The third kappa shape index (κ3) is 10.1. The molecular weight excluding hydrogens is 456 g/mol. The van der Waals surface area contributed by atoms with E-state index in [0.29, 0.717) is 18.6 Å². The maximum atomic E-state index is 12.3. The summed E-state index contributed by atoms with van der Waals surface area (Å²) >= 11 is 0. The molecule has 0 unspecified atom stereocenters. The lowest BCUT2D eigenvalue weighted by molar-refractivity contribution is -0.137. The van der Waals surface area contributed by atoms with Gasteiger partial charge in [0, 0.05) is 6.08 Å². The molecule has 0 atom stereocenters. The molecule has 0 fully saturated rings. The van der Waals surface area contributed by atoms with Gasteiger partial charge in [0.25, 0.3) is 0 Å². The largest absolute Gasteiger partial charge is 0.513 e. The van der Waals surface area contributed by atoms with Crippen molar-refractivity contribution in [1.29, 1.82) is 0 Å². The lowest BCUT2D eigenvalue weighted by Gasteiger charge is -2.08. The fourth-order valence-electron chi connectivity index (χ4n) is 2.77. The molecule has 2 aromatic carbocycles. The van der Waals surface area contributed by atoms with Crippen LogP contribution in [0.4, 0.5) is 4.79 Å². The molecule has 0 saturated carbocycles. The lowest BCUT2D eigenvalue weighted by atomic mass is 10.2. The molecule has 2 rings (SSSR count). The summed E-state index contributed by atoms with van der Waals surface area (Å²) in [6, 6.07) is 11.8. The van der Waals surface area contributed by atoms with Crippen molar-refractivity contribution in [3.05, 3.63) is 72.3 Å². The average Bonchev–Trinajstić information content (AvgIpc) is 2.86. The van der Waals surface area contributed by atoms with Crippen LogP contribution in [0.5, 0.6) is 11.5 Å². The van der Waals surface area contributed by atoms with E-state index in [1.165, 1.54) is 48.5 Å². The van der Waals surface area contributed by atoms with Crippen LogP contribution in [-0.4, -0.2) is 43.9 Å². The standard InChI is InChI=1S/C26H28O9/c1-3-23(27)32-17-7-5-6-8-18-33-24(28)19-9-13-21(14-10-19)34-25(29)20-11-15-22(16-12-20)35-26(30)31-4-2/h3,9-16H,1,4-8,17-18H2,2H3. The number of rotatable bonds is 13. The Kier molecular flexibility index (Phi) is 11.5. The molecule has 0 aliphatic carbocycles. The van der Waals surface area contributed by atoms with E-state index in [4.69, 9.17) is 18.9 Å². The maximum absolute atomic E-state index is 12.3. The van der Waals surface area contributed by atoms with Crippen molar-refractivity contribution in [3.63, 3.8) is 0 Å². The molecule has 9 nitrogen and oxygen atoms in total. The number of ether oxygens (including phenoxy) is 5. The van der Waals surface area contributed by atoms with Crippen LogP contribution in [0.2, 0.25) is 0 Å². The highest BCUT2D eigenvalue weighted by Gasteiger charge is 2.12. The molecule has 0 spiro atoms.